The summed E-state index contributed by atoms with van der Waals surface area (Å²) in [6.07, 6.45) is 2.41. The molecule has 9 nitrogen and oxygen atoms in total. The van der Waals surface area contributed by atoms with Gasteiger partial charge in [-0.15, -0.1) is 0 Å². The highest BCUT2D eigenvalue weighted by Crippen LogP contribution is 2.30. The summed E-state index contributed by atoms with van der Waals surface area (Å²) in [5.74, 6) is -0.402. The summed E-state index contributed by atoms with van der Waals surface area (Å²) < 4.78 is 5.21. The van der Waals surface area contributed by atoms with Crippen LogP contribution in [0, 0.1) is 0 Å². The van der Waals surface area contributed by atoms with Gasteiger partial charge in [-0.25, -0.2) is 14.6 Å². The fourth-order valence-electron chi connectivity index (χ4n) is 2.99. The lowest BCUT2D eigenvalue weighted by Crippen LogP contribution is -2.55. The summed E-state index contributed by atoms with van der Waals surface area (Å²) in [6, 6.07) is -0.931. The maximum absolute atomic E-state index is 12.6. The number of rotatable bonds is 5. The number of carbonyl (C=O) groups is 3. The normalized spacial score (nSPS) is 22.4. The highest BCUT2D eigenvalue weighted by atomic mass is 16.7. The van der Waals surface area contributed by atoms with E-state index >= 15 is 0 Å². The zero-order chi connectivity index (χ0) is 19.5. The second kappa shape index (κ2) is 8.11. The number of piperidine rings is 1. The van der Waals surface area contributed by atoms with Gasteiger partial charge in [0.2, 0.25) is 0 Å². The summed E-state index contributed by atoms with van der Waals surface area (Å²) in [4.78, 5) is 44.2. The average Bonchev–Trinajstić information content (AvgIpc) is 2.78. The second-order valence-electron chi connectivity index (χ2n) is 7.71. The van der Waals surface area contributed by atoms with Crippen molar-refractivity contribution < 1.29 is 24.0 Å². The third kappa shape index (κ3) is 4.78. The molecule has 2 saturated heterocycles. The van der Waals surface area contributed by atoms with Gasteiger partial charge in [-0.05, 0) is 40.0 Å². The molecule has 0 spiro atoms. The second-order valence-corrected chi connectivity index (χ2v) is 7.71. The highest BCUT2D eigenvalue weighted by molar-refractivity contribution is 5.89. The number of carbonyl (C=O) groups excluding carboxylic acids is 3. The van der Waals surface area contributed by atoms with Crippen molar-refractivity contribution in [2.45, 2.75) is 71.1 Å². The van der Waals surface area contributed by atoms with E-state index in [1.54, 1.807) is 20.8 Å². The number of hydrogen-bond donors (Lipinski definition) is 1. The molecular weight excluding hydrogens is 340 g/mol. The van der Waals surface area contributed by atoms with Gasteiger partial charge < -0.3 is 9.64 Å². The van der Waals surface area contributed by atoms with Crippen LogP contribution in [0.15, 0.2) is 0 Å². The lowest BCUT2D eigenvalue weighted by atomic mass is 10.0. The average molecular weight is 370 g/mol. The minimum Gasteiger partial charge on any atom is -0.442 e. The molecule has 2 heterocycles. The minimum atomic E-state index is -0.657. The summed E-state index contributed by atoms with van der Waals surface area (Å²) in [6.45, 7) is 8.25. The van der Waals surface area contributed by atoms with Crippen LogP contribution in [0.2, 0.25) is 0 Å². The molecule has 2 aliphatic heterocycles. The Hall–Kier alpha value is -2.03. The van der Waals surface area contributed by atoms with Crippen molar-refractivity contribution in [2.75, 3.05) is 20.2 Å². The van der Waals surface area contributed by atoms with E-state index in [1.165, 1.54) is 17.0 Å². The van der Waals surface area contributed by atoms with Crippen LogP contribution in [-0.2, 0) is 14.4 Å². The number of ether oxygens (including phenoxy) is 1. The number of amides is 4. The van der Waals surface area contributed by atoms with Gasteiger partial charge in [-0.3, -0.25) is 15.1 Å². The van der Waals surface area contributed by atoms with Crippen LogP contribution in [0.4, 0.5) is 9.59 Å². The van der Waals surface area contributed by atoms with Crippen molar-refractivity contribution in [1.29, 1.82) is 0 Å². The van der Waals surface area contributed by atoms with Gasteiger partial charge in [0.1, 0.15) is 11.6 Å². The fraction of sp³-hybridized carbons (Fsp3) is 0.824. The molecular formula is C17H30N4O5. The van der Waals surface area contributed by atoms with E-state index in [1.807, 2.05) is 0 Å². The topological polar surface area (TPSA) is 91.4 Å². The zero-order valence-electron chi connectivity index (χ0n) is 16.3. The van der Waals surface area contributed by atoms with Crippen molar-refractivity contribution in [3.63, 3.8) is 0 Å². The van der Waals surface area contributed by atoms with Gasteiger partial charge in [0, 0.05) is 13.6 Å². The van der Waals surface area contributed by atoms with Gasteiger partial charge >= 0.3 is 12.1 Å². The monoisotopic (exact) mass is 370 g/mol. The maximum Gasteiger partial charge on any atom is 0.428 e. The van der Waals surface area contributed by atoms with Crippen LogP contribution in [0.5, 0.6) is 0 Å². The molecule has 0 saturated carbocycles. The van der Waals surface area contributed by atoms with Crippen LogP contribution in [0.1, 0.15) is 53.4 Å². The lowest BCUT2D eigenvalue weighted by molar-refractivity contribution is -0.132. The van der Waals surface area contributed by atoms with Crippen molar-refractivity contribution in [3.8, 4) is 0 Å². The van der Waals surface area contributed by atoms with Crippen molar-refractivity contribution in [2.24, 2.45) is 0 Å². The molecule has 2 aliphatic rings. The predicted molar refractivity (Wildman–Crippen MR) is 93.8 cm³/mol. The SMILES string of the molecule is CCCCON1C(=O)N2C[C@@H]1CC[C@H]2C(=O)NN(C)C(=O)OC(C)(C)C. The van der Waals surface area contributed by atoms with E-state index < -0.39 is 23.6 Å². The van der Waals surface area contributed by atoms with Gasteiger partial charge in [0.25, 0.3) is 5.91 Å². The molecule has 0 unspecified atom stereocenters. The Balaban J connectivity index is 1.92. The molecule has 0 aliphatic carbocycles. The van der Waals surface area contributed by atoms with E-state index in [-0.39, 0.29) is 12.1 Å². The van der Waals surface area contributed by atoms with E-state index in [0.29, 0.717) is 26.0 Å². The van der Waals surface area contributed by atoms with Crippen LogP contribution >= 0.6 is 0 Å². The summed E-state index contributed by atoms with van der Waals surface area (Å²) >= 11 is 0. The summed E-state index contributed by atoms with van der Waals surface area (Å²) in [5, 5.41) is 2.41. The maximum atomic E-state index is 12.6. The van der Waals surface area contributed by atoms with Gasteiger partial charge in [0.05, 0.1) is 12.6 Å². The van der Waals surface area contributed by atoms with Crippen molar-refractivity contribution >= 4 is 18.0 Å². The fourth-order valence-corrected chi connectivity index (χ4v) is 2.99. The summed E-state index contributed by atoms with van der Waals surface area (Å²) in [5.41, 5.74) is 1.85. The quantitative estimate of drug-likeness (QED) is 0.589. The van der Waals surface area contributed by atoms with E-state index in [4.69, 9.17) is 9.57 Å². The number of hydrazine groups is 1. The Kier molecular flexibility index (Phi) is 6.33. The van der Waals surface area contributed by atoms with Gasteiger partial charge in [0.15, 0.2) is 0 Å². The van der Waals surface area contributed by atoms with Crippen molar-refractivity contribution in [3.05, 3.63) is 0 Å². The Labute approximate surface area is 154 Å². The highest BCUT2D eigenvalue weighted by Gasteiger charge is 2.48. The van der Waals surface area contributed by atoms with E-state index in [9.17, 15) is 14.4 Å². The molecule has 4 amide bonds. The Morgan fingerprint density at radius 2 is 2.00 bits per heavy atom. The molecule has 0 aromatic heterocycles. The number of fused-ring (bicyclic) bond motifs is 2. The van der Waals surface area contributed by atoms with Crippen LogP contribution in [0.3, 0.4) is 0 Å². The molecule has 2 bridgehead atoms. The smallest absolute Gasteiger partial charge is 0.428 e. The van der Waals surface area contributed by atoms with Crippen molar-refractivity contribution in [1.82, 2.24) is 20.4 Å². The summed E-state index contributed by atoms with van der Waals surface area (Å²) in [7, 11) is 1.42. The number of hydroxylamine groups is 2. The first-order chi connectivity index (χ1) is 12.1. The number of urea groups is 1. The molecule has 0 aromatic carbocycles. The molecule has 2 rings (SSSR count). The molecule has 0 aromatic rings. The van der Waals surface area contributed by atoms with Gasteiger partial charge in [-0.2, -0.15) is 5.06 Å². The first-order valence-corrected chi connectivity index (χ1v) is 9.14. The molecule has 26 heavy (non-hydrogen) atoms. The van der Waals surface area contributed by atoms with Crippen LogP contribution < -0.4 is 5.43 Å². The molecule has 0 radical (unpaired) electrons. The van der Waals surface area contributed by atoms with E-state index in [2.05, 4.69) is 12.3 Å². The zero-order valence-corrected chi connectivity index (χ0v) is 16.3. The Morgan fingerprint density at radius 3 is 2.62 bits per heavy atom. The first kappa shape index (κ1) is 20.3. The Bertz CT molecular complexity index is 548. The minimum absolute atomic E-state index is 0.0213. The molecule has 1 N–H and O–H groups in total. The first-order valence-electron chi connectivity index (χ1n) is 9.14. The molecule has 148 valence electrons. The Morgan fingerprint density at radius 1 is 1.31 bits per heavy atom. The molecule has 9 heteroatoms. The molecule has 2 atom stereocenters. The predicted octanol–water partition coefficient (Wildman–Crippen LogP) is 1.88. The van der Waals surface area contributed by atoms with Crippen LogP contribution in [-0.4, -0.2) is 70.9 Å². The van der Waals surface area contributed by atoms with Crippen LogP contribution in [0.25, 0.3) is 0 Å². The van der Waals surface area contributed by atoms with E-state index in [0.717, 1.165) is 17.9 Å². The largest absolute Gasteiger partial charge is 0.442 e. The number of hydrogen-bond acceptors (Lipinski definition) is 5. The number of nitrogens with one attached hydrogen (secondary N) is 1. The lowest BCUT2D eigenvalue weighted by Gasteiger charge is -2.31. The third-order valence-corrected chi connectivity index (χ3v) is 4.30. The standard InChI is InChI=1S/C17H30N4O5/c1-6-7-10-25-21-12-8-9-13(20(11-12)15(21)23)14(22)18-19(5)16(24)26-17(2,3)4/h12-13H,6-11H2,1-5H3,(H,18,22)/t12-,13-/m0/s1. The molecule has 2 fully saturated rings. The van der Waals surface area contributed by atoms with Gasteiger partial charge in [-0.1, -0.05) is 13.3 Å². The number of nitrogens with zero attached hydrogens (tertiary/aromatic N) is 3. The third-order valence-electron chi connectivity index (χ3n) is 4.30. The number of unbranched alkanes of at least 4 members (excludes halogenated alkanes) is 1.